The monoisotopic (exact) mass is 316 g/mol. The summed E-state index contributed by atoms with van der Waals surface area (Å²) < 4.78 is 26.1. The zero-order valence-electron chi connectivity index (χ0n) is 12.2. The van der Waals surface area contributed by atoms with Crippen LogP contribution in [0.4, 0.5) is 5.69 Å². The van der Waals surface area contributed by atoms with Crippen LogP contribution >= 0.6 is 11.8 Å². The number of nitrogens with zero attached hydrogens (tertiary/aromatic N) is 1. The van der Waals surface area contributed by atoms with Crippen molar-refractivity contribution in [2.45, 2.75) is 31.6 Å². The van der Waals surface area contributed by atoms with Crippen LogP contribution in [0.3, 0.4) is 0 Å². The van der Waals surface area contributed by atoms with Gasteiger partial charge in [-0.1, -0.05) is 19.9 Å². The average molecular weight is 316 g/mol. The summed E-state index contributed by atoms with van der Waals surface area (Å²) in [5.74, 6) is 0.724. The van der Waals surface area contributed by atoms with Crippen LogP contribution in [-0.2, 0) is 10.0 Å². The molecule has 0 bridgehead atoms. The van der Waals surface area contributed by atoms with Gasteiger partial charge in [-0.15, -0.1) is 11.8 Å². The molecule has 6 heteroatoms. The van der Waals surface area contributed by atoms with E-state index in [1.165, 1.54) is 11.8 Å². The number of anilines is 1. The van der Waals surface area contributed by atoms with Crippen molar-refractivity contribution in [1.29, 1.82) is 0 Å². The molecule has 0 amide bonds. The highest BCUT2D eigenvalue weighted by molar-refractivity contribution is 8.00. The summed E-state index contributed by atoms with van der Waals surface area (Å²) in [6.07, 6.45) is 1.70. The molecule has 2 N–H and O–H groups in total. The van der Waals surface area contributed by atoms with Gasteiger partial charge >= 0.3 is 0 Å². The third-order valence-corrected chi connectivity index (χ3v) is 5.93. The van der Waals surface area contributed by atoms with Crippen LogP contribution in [0.25, 0.3) is 0 Å². The standard InChI is InChI=1S/C14H24N2O2S2/c1-3-8-16(9-4-2)20(17,18)11-10-19-14-7-5-6-13(15)12-14/h5-7,12H,3-4,8-11,15H2,1-2H3. The Bertz CT molecular complexity index is 498. The second-order valence-electron chi connectivity index (χ2n) is 4.64. The van der Waals surface area contributed by atoms with Gasteiger partial charge in [0.2, 0.25) is 10.0 Å². The van der Waals surface area contributed by atoms with Crippen LogP contribution in [0.5, 0.6) is 0 Å². The number of nitrogens with two attached hydrogens (primary N) is 1. The van der Waals surface area contributed by atoms with E-state index in [-0.39, 0.29) is 5.75 Å². The summed E-state index contributed by atoms with van der Waals surface area (Å²) in [6.45, 7) is 5.22. The molecule has 0 unspecified atom stereocenters. The predicted octanol–water partition coefficient (Wildman–Crippen LogP) is 2.81. The predicted molar refractivity (Wildman–Crippen MR) is 87.5 cm³/mol. The Morgan fingerprint density at radius 3 is 2.40 bits per heavy atom. The minimum absolute atomic E-state index is 0.173. The van der Waals surface area contributed by atoms with Crippen LogP contribution in [0.15, 0.2) is 29.2 Å². The molecule has 0 aliphatic rings. The van der Waals surface area contributed by atoms with Gasteiger partial charge in [0.15, 0.2) is 0 Å². The largest absolute Gasteiger partial charge is 0.399 e. The van der Waals surface area contributed by atoms with Crippen LogP contribution in [0.2, 0.25) is 0 Å². The number of thioether (sulfide) groups is 1. The maximum absolute atomic E-state index is 12.3. The molecule has 20 heavy (non-hydrogen) atoms. The third-order valence-electron chi connectivity index (χ3n) is 2.81. The van der Waals surface area contributed by atoms with Crippen LogP contribution in [-0.4, -0.2) is 37.3 Å². The first-order chi connectivity index (χ1) is 9.49. The van der Waals surface area contributed by atoms with Crippen LogP contribution in [0, 0.1) is 0 Å². The van der Waals surface area contributed by atoms with E-state index in [1.54, 1.807) is 4.31 Å². The van der Waals surface area contributed by atoms with Gasteiger partial charge in [0.25, 0.3) is 0 Å². The van der Waals surface area contributed by atoms with E-state index >= 15 is 0 Å². The fraction of sp³-hybridized carbons (Fsp3) is 0.571. The SMILES string of the molecule is CCCN(CCC)S(=O)(=O)CCSc1cccc(N)c1. The molecule has 1 rings (SSSR count). The van der Waals surface area contributed by atoms with Crippen LogP contribution in [0.1, 0.15) is 26.7 Å². The average Bonchev–Trinajstić information content (AvgIpc) is 2.38. The first kappa shape index (κ1) is 17.3. The van der Waals surface area contributed by atoms with Crippen molar-refractivity contribution in [2.75, 3.05) is 30.3 Å². The number of hydrogen-bond donors (Lipinski definition) is 1. The van der Waals surface area contributed by atoms with Gasteiger partial charge < -0.3 is 5.73 Å². The molecule has 0 aliphatic carbocycles. The number of sulfonamides is 1. The molecular weight excluding hydrogens is 292 g/mol. The van der Waals surface area contributed by atoms with Crippen molar-refractivity contribution in [3.63, 3.8) is 0 Å². The Kier molecular flexibility index (Phi) is 7.40. The lowest BCUT2D eigenvalue weighted by Crippen LogP contribution is -2.35. The highest BCUT2D eigenvalue weighted by Crippen LogP contribution is 2.20. The Morgan fingerprint density at radius 1 is 1.20 bits per heavy atom. The molecule has 0 fully saturated rings. The highest BCUT2D eigenvalue weighted by Gasteiger charge is 2.19. The first-order valence-electron chi connectivity index (χ1n) is 6.95. The number of hydrogen-bond acceptors (Lipinski definition) is 4. The molecule has 0 aliphatic heterocycles. The van der Waals surface area contributed by atoms with E-state index in [0.29, 0.717) is 24.5 Å². The molecular formula is C14H24N2O2S2. The molecule has 0 saturated heterocycles. The molecule has 114 valence electrons. The van der Waals surface area contributed by atoms with Crippen molar-refractivity contribution in [1.82, 2.24) is 4.31 Å². The summed E-state index contributed by atoms with van der Waals surface area (Å²) in [5.41, 5.74) is 6.41. The molecule has 0 atom stereocenters. The number of rotatable bonds is 9. The molecule has 0 spiro atoms. The molecule has 4 nitrogen and oxygen atoms in total. The molecule has 0 radical (unpaired) electrons. The number of nitrogen functional groups attached to an aromatic ring is 1. The van der Waals surface area contributed by atoms with Gasteiger partial charge in [-0.2, -0.15) is 0 Å². The minimum Gasteiger partial charge on any atom is -0.399 e. The van der Waals surface area contributed by atoms with E-state index in [2.05, 4.69) is 0 Å². The summed E-state index contributed by atoms with van der Waals surface area (Å²) >= 11 is 1.53. The Labute approximate surface area is 126 Å². The van der Waals surface area contributed by atoms with E-state index in [0.717, 1.165) is 17.7 Å². The Balaban J connectivity index is 2.53. The van der Waals surface area contributed by atoms with Crippen molar-refractivity contribution >= 4 is 27.5 Å². The summed E-state index contributed by atoms with van der Waals surface area (Å²) in [5, 5.41) is 0. The lowest BCUT2D eigenvalue weighted by molar-refractivity contribution is 0.411. The third kappa shape index (κ3) is 5.73. The van der Waals surface area contributed by atoms with E-state index in [9.17, 15) is 8.42 Å². The van der Waals surface area contributed by atoms with Crippen LogP contribution < -0.4 is 5.73 Å². The van der Waals surface area contributed by atoms with Crippen molar-refractivity contribution in [3.8, 4) is 0 Å². The smallest absolute Gasteiger partial charge is 0.214 e. The van der Waals surface area contributed by atoms with E-state index in [1.807, 2.05) is 38.1 Å². The lowest BCUT2D eigenvalue weighted by atomic mass is 10.3. The minimum atomic E-state index is -3.15. The van der Waals surface area contributed by atoms with E-state index in [4.69, 9.17) is 5.73 Å². The quantitative estimate of drug-likeness (QED) is 0.562. The van der Waals surface area contributed by atoms with E-state index < -0.39 is 10.0 Å². The summed E-state index contributed by atoms with van der Waals surface area (Å²) in [4.78, 5) is 1.01. The molecule has 0 aromatic heterocycles. The van der Waals surface area contributed by atoms with Gasteiger partial charge in [-0.3, -0.25) is 0 Å². The first-order valence-corrected chi connectivity index (χ1v) is 9.55. The molecule has 0 saturated carbocycles. The Morgan fingerprint density at radius 2 is 1.85 bits per heavy atom. The fourth-order valence-corrected chi connectivity index (χ4v) is 4.87. The number of benzene rings is 1. The van der Waals surface area contributed by atoms with Crippen molar-refractivity contribution in [2.24, 2.45) is 0 Å². The zero-order chi connectivity index (χ0) is 15.0. The second kappa shape index (κ2) is 8.54. The maximum atomic E-state index is 12.3. The van der Waals surface area contributed by atoms with Crippen molar-refractivity contribution in [3.05, 3.63) is 24.3 Å². The fourth-order valence-electron chi connectivity index (χ4n) is 1.89. The molecule has 0 heterocycles. The molecule has 1 aromatic rings. The topological polar surface area (TPSA) is 63.4 Å². The summed E-state index contributed by atoms with van der Waals surface area (Å²) in [6, 6.07) is 7.52. The van der Waals surface area contributed by atoms with Gasteiger partial charge in [0.05, 0.1) is 5.75 Å². The summed E-state index contributed by atoms with van der Waals surface area (Å²) in [7, 11) is -3.15. The second-order valence-corrected chi connectivity index (χ2v) is 7.89. The maximum Gasteiger partial charge on any atom is 0.214 e. The Hall–Kier alpha value is -0.720. The lowest BCUT2D eigenvalue weighted by Gasteiger charge is -2.20. The van der Waals surface area contributed by atoms with Crippen molar-refractivity contribution < 1.29 is 8.42 Å². The van der Waals surface area contributed by atoms with Gasteiger partial charge in [0, 0.05) is 29.4 Å². The zero-order valence-corrected chi connectivity index (χ0v) is 13.8. The molecule has 1 aromatic carbocycles. The van der Waals surface area contributed by atoms with Gasteiger partial charge in [0.1, 0.15) is 0 Å². The highest BCUT2D eigenvalue weighted by atomic mass is 32.2. The van der Waals surface area contributed by atoms with Gasteiger partial charge in [-0.05, 0) is 31.0 Å². The normalized spacial score (nSPS) is 11.9. The van der Waals surface area contributed by atoms with Gasteiger partial charge in [-0.25, -0.2) is 12.7 Å².